The Kier molecular flexibility index (Phi) is 4.18. The third-order valence-electron chi connectivity index (χ3n) is 3.85. The van der Waals surface area contributed by atoms with Crippen LogP contribution in [0.15, 0.2) is 0 Å². The van der Waals surface area contributed by atoms with Crippen LogP contribution in [0.1, 0.15) is 25.7 Å². The van der Waals surface area contributed by atoms with E-state index < -0.39 is 0 Å². The SMILES string of the molecule is NCCC1CCN(CC(=O)N2CCC2)CC1. The normalized spacial score (nSPS) is 23.2. The van der Waals surface area contributed by atoms with Crippen molar-refractivity contribution in [2.45, 2.75) is 25.7 Å². The Morgan fingerprint density at radius 2 is 1.88 bits per heavy atom. The van der Waals surface area contributed by atoms with Crippen molar-refractivity contribution < 1.29 is 4.79 Å². The minimum absolute atomic E-state index is 0.323. The van der Waals surface area contributed by atoms with Gasteiger partial charge in [0.15, 0.2) is 0 Å². The quantitative estimate of drug-likeness (QED) is 0.747. The molecule has 2 saturated heterocycles. The third kappa shape index (κ3) is 2.95. The first-order valence-electron chi connectivity index (χ1n) is 6.50. The van der Waals surface area contributed by atoms with Crippen molar-refractivity contribution in [2.75, 3.05) is 39.3 Å². The van der Waals surface area contributed by atoms with Crippen LogP contribution in [0.5, 0.6) is 0 Å². The maximum atomic E-state index is 11.8. The number of nitrogens with two attached hydrogens (primary N) is 1. The number of hydrogen-bond acceptors (Lipinski definition) is 3. The number of hydrogen-bond donors (Lipinski definition) is 1. The molecule has 2 heterocycles. The molecule has 2 aliphatic rings. The van der Waals surface area contributed by atoms with Gasteiger partial charge in [0.1, 0.15) is 0 Å². The lowest BCUT2D eigenvalue weighted by Gasteiger charge is -2.36. The average molecular weight is 225 g/mol. The van der Waals surface area contributed by atoms with Gasteiger partial charge in [-0.1, -0.05) is 0 Å². The smallest absolute Gasteiger partial charge is 0.236 e. The van der Waals surface area contributed by atoms with Gasteiger partial charge in [0.2, 0.25) is 5.91 Å². The highest BCUT2D eigenvalue weighted by atomic mass is 16.2. The maximum absolute atomic E-state index is 11.8. The minimum Gasteiger partial charge on any atom is -0.341 e. The van der Waals surface area contributed by atoms with Gasteiger partial charge < -0.3 is 10.6 Å². The van der Waals surface area contributed by atoms with Crippen LogP contribution in [0.2, 0.25) is 0 Å². The number of amides is 1. The summed E-state index contributed by atoms with van der Waals surface area (Å²) in [4.78, 5) is 16.0. The Morgan fingerprint density at radius 3 is 2.38 bits per heavy atom. The lowest BCUT2D eigenvalue weighted by Crippen LogP contribution is -2.48. The van der Waals surface area contributed by atoms with Gasteiger partial charge in [0.25, 0.3) is 0 Å². The van der Waals surface area contributed by atoms with Crippen LogP contribution in [-0.4, -0.2) is 55.0 Å². The topological polar surface area (TPSA) is 49.6 Å². The molecule has 0 bridgehead atoms. The molecule has 0 spiro atoms. The minimum atomic E-state index is 0.323. The summed E-state index contributed by atoms with van der Waals surface area (Å²) in [5, 5.41) is 0. The molecule has 2 rings (SSSR count). The summed E-state index contributed by atoms with van der Waals surface area (Å²) in [7, 11) is 0. The molecule has 0 aromatic rings. The van der Waals surface area contributed by atoms with Crippen LogP contribution in [0.3, 0.4) is 0 Å². The van der Waals surface area contributed by atoms with Crippen LogP contribution in [0, 0.1) is 5.92 Å². The largest absolute Gasteiger partial charge is 0.341 e. The summed E-state index contributed by atoms with van der Waals surface area (Å²) in [5.74, 6) is 1.11. The number of nitrogens with zero attached hydrogens (tertiary/aromatic N) is 2. The Balaban J connectivity index is 1.66. The molecule has 4 nitrogen and oxygen atoms in total. The van der Waals surface area contributed by atoms with Crippen LogP contribution >= 0.6 is 0 Å². The van der Waals surface area contributed by atoms with Gasteiger partial charge in [0, 0.05) is 13.1 Å². The first-order valence-corrected chi connectivity index (χ1v) is 6.50. The van der Waals surface area contributed by atoms with Crippen molar-refractivity contribution in [3.8, 4) is 0 Å². The van der Waals surface area contributed by atoms with Crippen LogP contribution in [0.25, 0.3) is 0 Å². The van der Waals surface area contributed by atoms with Crippen molar-refractivity contribution in [2.24, 2.45) is 11.7 Å². The van der Waals surface area contributed by atoms with E-state index in [1.165, 1.54) is 19.3 Å². The average Bonchev–Trinajstić information content (AvgIpc) is 2.18. The number of carbonyl (C=O) groups is 1. The molecule has 4 heteroatoms. The summed E-state index contributed by atoms with van der Waals surface area (Å²) in [6, 6.07) is 0. The lowest BCUT2D eigenvalue weighted by atomic mass is 9.93. The molecule has 0 aliphatic carbocycles. The van der Waals surface area contributed by atoms with Crippen molar-refractivity contribution in [1.29, 1.82) is 0 Å². The van der Waals surface area contributed by atoms with Crippen molar-refractivity contribution >= 4 is 5.91 Å². The zero-order chi connectivity index (χ0) is 11.4. The summed E-state index contributed by atoms with van der Waals surface area (Å²) < 4.78 is 0. The van der Waals surface area contributed by atoms with Crippen molar-refractivity contribution in [1.82, 2.24) is 9.80 Å². The number of rotatable bonds is 4. The third-order valence-corrected chi connectivity index (χ3v) is 3.85. The molecule has 0 aromatic heterocycles. The summed E-state index contributed by atoms with van der Waals surface area (Å²) in [5.41, 5.74) is 5.57. The lowest BCUT2D eigenvalue weighted by molar-refractivity contribution is -0.136. The Bertz CT molecular complexity index is 232. The fraction of sp³-hybridized carbons (Fsp3) is 0.917. The Morgan fingerprint density at radius 1 is 1.19 bits per heavy atom. The molecule has 0 unspecified atom stereocenters. The van der Waals surface area contributed by atoms with Crippen LogP contribution in [-0.2, 0) is 4.79 Å². The standard InChI is InChI=1S/C12H23N3O/c13-5-2-11-3-8-14(9-4-11)10-12(16)15-6-1-7-15/h11H,1-10,13H2. The van der Waals surface area contributed by atoms with Gasteiger partial charge in [-0.3, -0.25) is 9.69 Å². The molecule has 0 aromatic carbocycles. The van der Waals surface area contributed by atoms with E-state index in [1.807, 2.05) is 4.90 Å². The van der Waals surface area contributed by atoms with E-state index in [4.69, 9.17) is 5.73 Å². The highest BCUT2D eigenvalue weighted by Crippen LogP contribution is 2.20. The van der Waals surface area contributed by atoms with Crippen LogP contribution in [0.4, 0.5) is 0 Å². The second-order valence-corrected chi connectivity index (χ2v) is 5.03. The molecule has 92 valence electrons. The molecule has 2 aliphatic heterocycles. The zero-order valence-corrected chi connectivity index (χ0v) is 10.0. The first-order chi connectivity index (χ1) is 7.79. The van der Waals surface area contributed by atoms with Gasteiger partial charge in [-0.15, -0.1) is 0 Å². The number of likely N-dealkylation sites (tertiary alicyclic amines) is 2. The van der Waals surface area contributed by atoms with Crippen LogP contribution < -0.4 is 5.73 Å². The van der Waals surface area contributed by atoms with Gasteiger partial charge in [-0.05, 0) is 51.2 Å². The van der Waals surface area contributed by atoms with Gasteiger partial charge in [-0.2, -0.15) is 0 Å². The second kappa shape index (κ2) is 5.64. The molecule has 1 amide bonds. The van der Waals surface area contributed by atoms with E-state index in [9.17, 15) is 4.79 Å². The predicted octanol–water partition coefficient (Wildman–Crippen LogP) is 0.280. The molecule has 0 saturated carbocycles. The molecule has 2 fully saturated rings. The van der Waals surface area contributed by atoms with E-state index in [0.29, 0.717) is 12.5 Å². The fourth-order valence-corrected chi connectivity index (χ4v) is 2.53. The highest BCUT2D eigenvalue weighted by Gasteiger charge is 2.24. The molecule has 0 atom stereocenters. The number of carbonyl (C=O) groups excluding carboxylic acids is 1. The zero-order valence-electron chi connectivity index (χ0n) is 10.0. The van der Waals surface area contributed by atoms with E-state index in [0.717, 1.165) is 45.1 Å². The van der Waals surface area contributed by atoms with E-state index in [-0.39, 0.29) is 0 Å². The number of piperidine rings is 1. The van der Waals surface area contributed by atoms with E-state index in [2.05, 4.69) is 4.90 Å². The second-order valence-electron chi connectivity index (χ2n) is 5.03. The fourth-order valence-electron chi connectivity index (χ4n) is 2.53. The molecular formula is C12H23N3O. The Labute approximate surface area is 97.8 Å². The highest BCUT2D eigenvalue weighted by molar-refractivity contribution is 5.78. The van der Waals surface area contributed by atoms with Gasteiger partial charge >= 0.3 is 0 Å². The van der Waals surface area contributed by atoms with Gasteiger partial charge in [-0.25, -0.2) is 0 Å². The van der Waals surface area contributed by atoms with E-state index in [1.54, 1.807) is 0 Å². The molecule has 0 radical (unpaired) electrons. The molecule has 2 N–H and O–H groups in total. The monoisotopic (exact) mass is 225 g/mol. The summed E-state index contributed by atoms with van der Waals surface area (Å²) in [6.45, 7) is 5.53. The first kappa shape index (κ1) is 11.9. The molecular weight excluding hydrogens is 202 g/mol. The Hall–Kier alpha value is -0.610. The maximum Gasteiger partial charge on any atom is 0.236 e. The van der Waals surface area contributed by atoms with Gasteiger partial charge in [0.05, 0.1) is 6.54 Å². The van der Waals surface area contributed by atoms with Crippen molar-refractivity contribution in [3.63, 3.8) is 0 Å². The van der Waals surface area contributed by atoms with Crippen molar-refractivity contribution in [3.05, 3.63) is 0 Å². The summed E-state index contributed by atoms with van der Waals surface area (Å²) in [6.07, 6.45) is 4.76. The predicted molar refractivity (Wildman–Crippen MR) is 64.0 cm³/mol. The molecule has 16 heavy (non-hydrogen) atoms. The van der Waals surface area contributed by atoms with E-state index >= 15 is 0 Å². The summed E-state index contributed by atoms with van der Waals surface area (Å²) >= 11 is 0.